The highest BCUT2D eigenvalue weighted by molar-refractivity contribution is 5.84. The number of halogens is 3. The van der Waals surface area contributed by atoms with Crippen LogP contribution in [0.1, 0.15) is 19.3 Å². The van der Waals surface area contributed by atoms with Gasteiger partial charge in [0.1, 0.15) is 5.78 Å². The number of rotatable bonds is 0. The molecule has 90 valence electrons. The van der Waals surface area contributed by atoms with E-state index in [1.54, 1.807) is 12.2 Å². The van der Waals surface area contributed by atoms with Crippen LogP contribution in [0.3, 0.4) is 0 Å². The molecule has 2 saturated carbocycles. The molecule has 0 aliphatic heterocycles. The summed E-state index contributed by atoms with van der Waals surface area (Å²) in [6.45, 7) is 0. The van der Waals surface area contributed by atoms with Gasteiger partial charge >= 0.3 is 6.18 Å². The summed E-state index contributed by atoms with van der Waals surface area (Å²) in [7, 11) is 0. The quantitative estimate of drug-likeness (QED) is 0.634. The van der Waals surface area contributed by atoms with E-state index in [0.29, 0.717) is 12.8 Å². The van der Waals surface area contributed by atoms with Crippen molar-refractivity contribution in [2.24, 2.45) is 11.3 Å². The van der Waals surface area contributed by atoms with E-state index in [2.05, 4.69) is 0 Å². The zero-order valence-electron chi connectivity index (χ0n) is 9.05. The van der Waals surface area contributed by atoms with E-state index in [9.17, 15) is 18.0 Å². The number of carbonyl (C=O) groups excluding carboxylic acids is 1. The SMILES string of the molecule is O=C1CCC2(C1)C1=CC=C(C(F)(F)F)C=CC12. The Morgan fingerprint density at radius 3 is 2.65 bits per heavy atom. The first kappa shape index (κ1) is 10.8. The summed E-state index contributed by atoms with van der Waals surface area (Å²) in [5.74, 6) is 0.275. The third kappa shape index (κ3) is 1.50. The normalized spacial score (nSPS) is 35.5. The summed E-state index contributed by atoms with van der Waals surface area (Å²) >= 11 is 0. The monoisotopic (exact) mass is 240 g/mol. The molecule has 0 aromatic heterocycles. The number of hydrogen-bond acceptors (Lipinski definition) is 1. The zero-order chi connectivity index (χ0) is 12.3. The summed E-state index contributed by atoms with van der Waals surface area (Å²) in [5.41, 5.74) is 0.261. The minimum Gasteiger partial charge on any atom is -0.300 e. The number of fused-ring (bicyclic) bond motifs is 3. The number of alkyl halides is 3. The predicted octanol–water partition coefficient (Wildman–Crippen LogP) is 3.34. The fourth-order valence-electron chi connectivity index (χ4n) is 3.06. The van der Waals surface area contributed by atoms with E-state index in [-0.39, 0.29) is 17.1 Å². The standard InChI is InChI=1S/C13H11F3O/c14-13(15,16)8-1-3-10-11(4-2-8)12(10)6-5-9(17)7-12/h1-4,10H,5-7H2. The fraction of sp³-hybridized carbons (Fsp3) is 0.462. The van der Waals surface area contributed by atoms with Crippen molar-refractivity contribution in [3.05, 3.63) is 35.5 Å². The average Bonchev–Trinajstić information content (AvgIpc) is 2.72. The minimum atomic E-state index is -4.29. The second-order valence-corrected chi connectivity index (χ2v) is 4.95. The molecular formula is C13H11F3O. The number of allylic oxidation sites excluding steroid dienone is 6. The van der Waals surface area contributed by atoms with Crippen LogP contribution < -0.4 is 0 Å². The molecule has 0 heterocycles. The Labute approximate surface area is 96.7 Å². The molecule has 3 rings (SSSR count). The highest BCUT2D eigenvalue weighted by Crippen LogP contribution is 2.67. The maximum Gasteiger partial charge on any atom is 0.416 e. The number of carbonyl (C=O) groups is 1. The second kappa shape index (κ2) is 3.12. The number of ketones is 1. The molecule has 2 fully saturated rings. The van der Waals surface area contributed by atoms with Crippen molar-refractivity contribution in [3.8, 4) is 0 Å². The Morgan fingerprint density at radius 1 is 1.29 bits per heavy atom. The maximum absolute atomic E-state index is 12.5. The number of Topliss-reactive ketones (excluding diaryl/α,β-unsaturated/α-hetero) is 1. The Balaban J connectivity index is 1.90. The zero-order valence-corrected chi connectivity index (χ0v) is 9.05. The Kier molecular flexibility index (Phi) is 1.98. The van der Waals surface area contributed by atoms with E-state index < -0.39 is 11.7 Å². The second-order valence-electron chi connectivity index (χ2n) is 4.95. The van der Waals surface area contributed by atoms with Gasteiger partial charge in [-0.15, -0.1) is 0 Å². The van der Waals surface area contributed by atoms with Crippen molar-refractivity contribution in [1.82, 2.24) is 0 Å². The predicted molar refractivity (Wildman–Crippen MR) is 56.1 cm³/mol. The van der Waals surface area contributed by atoms with Crippen LogP contribution in [0.2, 0.25) is 0 Å². The highest BCUT2D eigenvalue weighted by atomic mass is 19.4. The van der Waals surface area contributed by atoms with Crippen LogP contribution in [-0.2, 0) is 4.79 Å². The summed E-state index contributed by atoms with van der Waals surface area (Å²) in [4.78, 5) is 11.3. The summed E-state index contributed by atoms with van der Waals surface area (Å²) in [6.07, 6.45) is 3.02. The van der Waals surface area contributed by atoms with Gasteiger partial charge in [-0.1, -0.05) is 29.9 Å². The Hall–Kier alpha value is -1.32. The van der Waals surface area contributed by atoms with E-state index in [1.807, 2.05) is 0 Å². The molecule has 2 atom stereocenters. The van der Waals surface area contributed by atoms with Crippen molar-refractivity contribution < 1.29 is 18.0 Å². The average molecular weight is 240 g/mol. The van der Waals surface area contributed by atoms with Crippen LogP contribution in [0.4, 0.5) is 13.2 Å². The van der Waals surface area contributed by atoms with Crippen molar-refractivity contribution in [3.63, 3.8) is 0 Å². The van der Waals surface area contributed by atoms with Crippen molar-refractivity contribution in [2.75, 3.05) is 0 Å². The van der Waals surface area contributed by atoms with Gasteiger partial charge in [0.25, 0.3) is 0 Å². The lowest BCUT2D eigenvalue weighted by Gasteiger charge is -2.07. The molecule has 0 bridgehead atoms. The highest BCUT2D eigenvalue weighted by Gasteiger charge is 2.61. The Morgan fingerprint density at radius 2 is 2.06 bits per heavy atom. The molecule has 0 radical (unpaired) electrons. The van der Waals surface area contributed by atoms with Gasteiger partial charge in [0.15, 0.2) is 0 Å². The van der Waals surface area contributed by atoms with Gasteiger partial charge in [0.05, 0.1) is 5.57 Å². The van der Waals surface area contributed by atoms with Gasteiger partial charge in [0, 0.05) is 24.2 Å². The van der Waals surface area contributed by atoms with Gasteiger partial charge < -0.3 is 0 Å². The first-order valence-corrected chi connectivity index (χ1v) is 5.63. The molecule has 1 nitrogen and oxygen atoms in total. The third-order valence-electron chi connectivity index (χ3n) is 4.02. The fourth-order valence-corrected chi connectivity index (χ4v) is 3.06. The van der Waals surface area contributed by atoms with Crippen molar-refractivity contribution in [2.45, 2.75) is 25.4 Å². The lowest BCUT2D eigenvalue weighted by atomic mass is 9.99. The van der Waals surface area contributed by atoms with Gasteiger partial charge in [-0.05, 0) is 6.42 Å². The minimum absolute atomic E-state index is 0.0463. The molecule has 4 heteroatoms. The number of hydrogen-bond donors (Lipinski definition) is 0. The van der Waals surface area contributed by atoms with Gasteiger partial charge in [-0.2, -0.15) is 13.2 Å². The largest absolute Gasteiger partial charge is 0.416 e. The van der Waals surface area contributed by atoms with Crippen LogP contribution in [0.25, 0.3) is 0 Å². The Bertz CT molecular complexity index is 481. The van der Waals surface area contributed by atoms with Crippen molar-refractivity contribution >= 4 is 5.78 Å². The van der Waals surface area contributed by atoms with E-state index >= 15 is 0 Å². The molecule has 0 saturated heterocycles. The smallest absolute Gasteiger partial charge is 0.300 e. The first-order chi connectivity index (χ1) is 7.93. The van der Waals surface area contributed by atoms with Crippen LogP contribution in [0.5, 0.6) is 0 Å². The van der Waals surface area contributed by atoms with Crippen LogP contribution >= 0.6 is 0 Å². The summed E-state index contributed by atoms with van der Waals surface area (Å²) < 4.78 is 37.5. The van der Waals surface area contributed by atoms with Gasteiger partial charge in [0.2, 0.25) is 0 Å². The van der Waals surface area contributed by atoms with Crippen LogP contribution in [0, 0.1) is 11.3 Å². The summed E-state index contributed by atoms with van der Waals surface area (Å²) in [5, 5.41) is 0. The van der Waals surface area contributed by atoms with Crippen molar-refractivity contribution in [1.29, 1.82) is 0 Å². The maximum atomic E-state index is 12.5. The van der Waals surface area contributed by atoms with Crippen LogP contribution in [-0.4, -0.2) is 12.0 Å². The molecule has 0 amide bonds. The van der Waals surface area contributed by atoms with E-state index in [1.165, 1.54) is 0 Å². The summed E-state index contributed by atoms with van der Waals surface area (Å²) in [6, 6.07) is 0. The topological polar surface area (TPSA) is 17.1 Å². The molecule has 0 aromatic rings. The van der Waals surface area contributed by atoms with E-state index in [0.717, 1.165) is 24.1 Å². The third-order valence-corrected chi connectivity index (χ3v) is 4.02. The lowest BCUT2D eigenvalue weighted by molar-refractivity contribution is -0.117. The molecule has 0 aromatic carbocycles. The van der Waals surface area contributed by atoms with E-state index in [4.69, 9.17) is 0 Å². The first-order valence-electron chi connectivity index (χ1n) is 5.63. The lowest BCUT2D eigenvalue weighted by Crippen LogP contribution is -2.10. The molecule has 3 aliphatic carbocycles. The molecule has 0 N–H and O–H groups in total. The molecule has 17 heavy (non-hydrogen) atoms. The van der Waals surface area contributed by atoms with Crippen LogP contribution in [0.15, 0.2) is 35.5 Å². The molecular weight excluding hydrogens is 229 g/mol. The molecule has 1 spiro atoms. The molecule has 2 unspecified atom stereocenters. The van der Waals surface area contributed by atoms with Gasteiger partial charge in [-0.25, -0.2) is 0 Å². The molecule has 3 aliphatic rings. The van der Waals surface area contributed by atoms with Gasteiger partial charge in [-0.3, -0.25) is 4.79 Å².